The lowest BCUT2D eigenvalue weighted by Crippen LogP contribution is -2.45. The summed E-state index contributed by atoms with van der Waals surface area (Å²) in [6.45, 7) is 9.04. The molecular weight excluding hydrogens is 536 g/mol. The van der Waals surface area contributed by atoms with E-state index in [1.807, 2.05) is 6.20 Å². The maximum Gasteiger partial charge on any atom is 0.407 e. The standard InChI is InChI=1S/C32H38N4O4S/c1-32(2)19-25-28(30(36-13-15-40-16-14-36)41-29(25)27(37)20-32)22-7-10-33-26(18-22)21-5-4-6-24(17-21)35-11-8-23(9-12-35)34(3)31(38)39/h4-7,10,17-18,23H,8-9,11-16,19-20H2,1-3H3,(H,38,39). The second-order valence-corrected chi connectivity index (χ2v) is 13.2. The number of aromatic nitrogens is 1. The Balaban J connectivity index is 1.33. The normalized spacial score (nSPS) is 19.2. The molecule has 2 aromatic heterocycles. The first-order chi connectivity index (χ1) is 19.7. The minimum Gasteiger partial charge on any atom is -0.465 e. The van der Waals surface area contributed by atoms with Crippen molar-refractivity contribution in [2.45, 2.75) is 45.6 Å². The number of piperidine rings is 1. The molecule has 6 rings (SSSR count). The quantitative estimate of drug-likeness (QED) is 0.397. The number of anilines is 2. The second-order valence-electron chi connectivity index (χ2n) is 12.2. The molecule has 2 aliphatic heterocycles. The number of nitrogens with zero attached hydrogens (tertiary/aromatic N) is 4. The third kappa shape index (κ3) is 5.57. The first kappa shape index (κ1) is 27.7. The van der Waals surface area contributed by atoms with Crippen LogP contribution in [0.4, 0.5) is 15.5 Å². The number of morpholine rings is 1. The lowest BCUT2D eigenvalue weighted by atomic mass is 9.75. The molecule has 0 bridgehead atoms. The Kier molecular flexibility index (Phi) is 7.50. The smallest absolute Gasteiger partial charge is 0.407 e. The average molecular weight is 575 g/mol. The van der Waals surface area contributed by atoms with Gasteiger partial charge in [0, 0.05) is 68.7 Å². The van der Waals surface area contributed by atoms with Crippen molar-refractivity contribution in [3.8, 4) is 22.4 Å². The zero-order chi connectivity index (χ0) is 28.7. The highest BCUT2D eigenvalue weighted by atomic mass is 32.1. The van der Waals surface area contributed by atoms with Gasteiger partial charge in [0.05, 0.1) is 28.8 Å². The summed E-state index contributed by atoms with van der Waals surface area (Å²) in [7, 11) is 1.66. The van der Waals surface area contributed by atoms with Gasteiger partial charge in [0.1, 0.15) is 0 Å². The number of hydrogen-bond donors (Lipinski definition) is 1. The summed E-state index contributed by atoms with van der Waals surface area (Å²) in [5, 5.41) is 10.5. The SMILES string of the molecule is CN(C(=O)O)C1CCN(c2cccc(-c3cc(-c4c(N5CCOCC5)sc5c4CC(C)(C)CC5=O)ccn3)c2)CC1. The number of ketones is 1. The van der Waals surface area contributed by atoms with E-state index >= 15 is 0 Å². The average Bonchev–Trinajstić information content (AvgIpc) is 3.36. The zero-order valence-electron chi connectivity index (χ0n) is 24.1. The molecule has 4 heterocycles. The molecule has 3 aromatic rings. The Morgan fingerprint density at radius 1 is 1.05 bits per heavy atom. The van der Waals surface area contributed by atoms with E-state index in [1.54, 1.807) is 18.4 Å². The Hall–Kier alpha value is -3.43. The summed E-state index contributed by atoms with van der Waals surface area (Å²) >= 11 is 1.65. The third-order valence-corrected chi connectivity index (χ3v) is 10.0. The number of amides is 1. The van der Waals surface area contributed by atoms with Crippen LogP contribution in [-0.2, 0) is 11.2 Å². The number of hydrogen-bond acceptors (Lipinski definition) is 7. The van der Waals surface area contributed by atoms with Crippen LogP contribution in [0.5, 0.6) is 0 Å². The van der Waals surface area contributed by atoms with Gasteiger partial charge in [-0.05, 0) is 60.1 Å². The van der Waals surface area contributed by atoms with Gasteiger partial charge in [0.15, 0.2) is 5.78 Å². The largest absolute Gasteiger partial charge is 0.465 e. The van der Waals surface area contributed by atoms with E-state index in [-0.39, 0.29) is 17.2 Å². The van der Waals surface area contributed by atoms with Crippen molar-refractivity contribution in [2.24, 2.45) is 5.41 Å². The van der Waals surface area contributed by atoms with Crippen molar-refractivity contribution >= 4 is 33.9 Å². The summed E-state index contributed by atoms with van der Waals surface area (Å²) in [5.74, 6) is 0.252. The Labute approximate surface area is 245 Å². The molecule has 0 radical (unpaired) electrons. The molecule has 0 atom stereocenters. The van der Waals surface area contributed by atoms with E-state index in [4.69, 9.17) is 9.72 Å². The van der Waals surface area contributed by atoms with Gasteiger partial charge < -0.3 is 24.5 Å². The topological polar surface area (TPSA) is 86.2 Å². The van der Waals surface area contributed by atoms with Crippen LogP contribution in [0.15, 0.2) is 42.6 Å². The number of rotatable bonds is 5. The predicted octanol–water partition coefficient (Wildman–Crippen LogP) is 6.05. The van der Waals surface area contributed by atoms with E-state index < -0.39 is 6.09 Å². The van der Waals surface area contributed by atoms with Crippen LogP contribution in [0.3, 0.4) is 0 Å². The van der Waals surface area contributed by atoms with Gasteiger partial charge in [0.25, 0.3) is 0 Å². The number of thiophene rings is 1. The van der Waals surface area contributed by atoms with Crippen LogP contribution in [-0.4, -0.2) is 79.3 Å². The summed E-state index contributed by atoms with van der Waals surface area (Å²) < 4.78 is 5.64. The lowest BCUT2D eigenvalue weighted by molar-refractivity contribution is 0.0917. The number of carbonyl (C=O) groups excluding carboxylic acids is 1. The van der Waals surface area contributed by atoms with Crippen LogP contribution in [0.1, 0.15) is 48.3 Å². The van der Waals surface area contributed by atoms with Crippen LogP contribution >= 0.6 is 11.3 Å². The van der Waals surface area contributed by atoms with E-state index in [9.17, 15) is 14.7 Å². The van der Waals surface area contributed by atoms with Crippen molar-refractivity contribution in [1.29, 1.82) is 0 Å². The van der Waals surface area contributed by atoms with Gasteiger partial charge in [-0.1, -0.05) is 26.0 Å². The monoisotopic (exact) mass is 574 g/mol. The molecule has 0 unspecified atom stereocenters. The summed E-state index contributed by atoms with van der Waals surface area (Å²) in [5.41, 5.74) is 6.46. The Bertz CT molecular complexity index is 1450. The van der Waals surface area contributed by atoms with Crippen molar-refractivity contribution in [2.75, 3.05) is 56.2 Å². The number of fused-ring (bicyclic) bond motifs is 1. The van der Waals surface area contributed by atoms with Crippen molar-refractivity contribution in [3.05, 3.63) is 53.0 Å². The molecule has 1 N–H and O–H groups in total. The van der Waals surface area contributed by atoms with Gasteiger partial charge in [-0.3, -0.25) is 9.78 Å². The maximum atomic E-state index is 13.3. The van der Waals surface area contributed by atoms with E-state index in [0.29, 0.717) is 19.6 Å². The molecular formula is C32H38N4O4S. The molecule has 2 saturated heterocycles. The Morgan fingerprint density at radius 2 is 1.80 bits per heavy atom. The molecule has 3 aliphatic rings. The van der Waals surface area contributed by atoms with Gasteiger partial charge in [0.2, 0.25) is 0 Å². The van der Waals surface area contributed by atoms with E-state index in [1.165, 1.54) is 21.0 Å². The minimum atomic E-state index is -0.868. The second kappa shape index (κ2) is 11.1. The molecule has 0 spiro atoms. The molecule has 1 aliphatic carbocycles. The fourth-order valence-electron chi connectivity index (χ4n) is 6.46. The third-order valence-electron chi connectivity index (χ3n) is 8.70. The van der Waals surface area contributed by atoms with Gasteiger partial charge in [-0.15, -0.1) is 11.3 Å². The highest BCUT2D eigenvalue weighted by Gasteiger charge is 2.37. The van der Waals surface area contributed by atoms with Gasteiger partial charge >= 0.3 is 6.09 Å². The maximum absolute atomic E-state index is 13.3. The van der Waals surface area contributed by atoms with Gasteiger partial charge in [-0.2, -0.15) is 0 Å². The Morgan fingerprint density at radius 3 is 2.54 bits per heavy atom. The summed E-state index contributed by atoms with van der Waals surface area (Å²) in [6.07, 6.45) is 4.10. The van der Waals surface area contributed by atoms with Crippen LogP contribution < -0.4 is 9.80 Å². The van der Waals surface area contributed by atoms with Crippen molar-refractivity contribution in [1.82, 2.24) is 9.88 Å². The predicted molar refractivity (Wildman–Crippen MR) is 163 cm³/mol. The summed E-state index contributed by atoms with van der Waals surface area (Å²) in [4.78, 5) is 36.5. The van der Waals surface area contributed by atoms with Gasteiger partial charge in [-0.25, -0.2) is 4.79 Å². The molecule has 1 amide bonds. The fourth-order valence-corrected chi connectivity index (χ4v) is 7.79. The van der Waals surface area contributed by atoms with E-state index in [2.05, 4.69) is 60.0 Å². The molecule has 41 heavy (non-hydrogen) atoms. The highest BCUT2D eigenvalue weighted by Crippen LogP contribution is 2.49. The molecule has 2 fully saturated rings. The summed E-state index contributed by atoms with van der Waals surface area (Å²) in [6, 6.07) is 12.8. The molecule has 1 aromatic carbocycles. The van der Waals surface area contributed by atoms with Crippen LogP contribution in [0.2, 0.25) is 0 Å². The number of benzene rings is 1. The van der Waals surface area contributed by atoms with Crippen molar-refractivity contribution < 1.29 is 19.4 Å². The molecule has 9 heteroatoms. The lowest BCUT2D eigenvalue weighted by Gasteiger charge is -2.36. The van der Waals surface area contributed by atoms with E-state index in [0.717, 1.165) is 72.8 Å². The highest BCUT2D eigenvalue weighted by molar-refractivity contribution is 7.19. The van der Waals surface area contributed by atoms with Crippen LogP contribution in [0.25, 0.3) is 22.4 Å². The van der Waals surface area contributed by atoms with Crippen molar-refractivity contribution in [3.63, 3.8) is 0 Å². The first-order valence-electron chi connectivity index (χ1n) is 14.5. The first-order valence-corrected chi connectivity index (χ1v) is 15.3. The number of Topliss-reactive ketones (excluding diaryl/α,β-unsaturated/α-hetero) is 1. The molecule has 8 nitrogen and oxygen atoms in total. The molecule has 216 valence electrons. The zero-order valence-corrected chi connectivity index (χ0v) is 24.9. The molecule has 0 saturated carbocycles. The number of ether oxygens (including phenoxy) is 1. The minimum absolute atomic E-state index is 0.0549. The van der Waals surface area contributed by atoms with Crippen LogP contribution in [0, 0.1) is 5.41 Å². The number of carboxylic acid groups (broad SMARTS) is 1. The number of pyridine rings is 1. The fraction of sp³-hybridized carbons (Fsp3) is 0.469. The number of carbonyl (C=O) groups is 2.